The summed E-state index contributed by atoms with van der Waals surface area (Å²) in [4.78, 5) is 5.36. The Morgan fingerprint density at radius 1 is 1.56 bits per heavy atom. The number of hydrogen-bond acceptors (Lipinski definition) is 3. The van der Waals surface area contributed by atoms with Crippen LogP contribution < -0.4 is 0 Å². The van der Waals surface area contributed by atoms with E-state index >= 15 is 0 Å². The lowest BCUT2D eigenvalue weighted by Crippen LogP contribution is -2.47. The Labute approximate surface area is 108 Å². The maximum absolute atomic E-state index is 10.7. The van der Waals surface area contributed by atoms with E-state index in [1.165, 1.54) is 11.3 Å². The van der Waals surface area contributed by atoms with Crippen LogP contribution in [0.1, 0.15) is 20.8 Å². The molecular weight excluding hydrogens is 293 g/mol. The van der Waals surface area contributed by atoms with Gasteiger partial charge in [-0.25, -0.2) is 9.67 Å². The molecule has 0 aromatic carbocycles. The van der Waals surface area contributed by atoms with Gasteiger partial charge in [-0.2, -0.15) is 5.10 Å². The van der Waals surface area contributed by atoms with Crippen LogP contribution in [0.4, 0.5) is 0 Å². The molecular formula is C10H15BrClN3O. The van der Waals surface area contributed by atoms with Gasteiger partial charge in [-0.05, 0) is 10.4 Å². The SMILES string of the molecule is CC(C)(C)C(O)(Cn1cncn1)C(Cl)=CBr. The van der Waals surface area contributed by atoms with E-state index in [9.17, 15) is 5.11 Å². The Morgan fingerprint density at radius 2 is 2.19 bits per heavy atom. The second-order valence-electron chi connectivity index (χ2n) is 4.66. The fourth-order valence-electron chi connectivity index (χ4n) is 1.31. The van der Waals surface area contributed by atoms with Crippen molar-refractivity contribution in [3.63, 3.8) is 0 Å². The lowest BCUT2D eigenvalue weighted by Gasteiger charge is -2.39. The molecule has 6 heteroatoms. The lowest BCUT2D eigenvalue weighted by molar-refractivity contribution is -0.0344. The third-order valence-electron chi connectivity index (χ3n) is 2.59. The van der Waals surface area contributed by atoms with E-state index < -0.39 is 11.0 Å². The summed E-state index contributed by atoms with van der Waals surface area (Å²) in [7, 11) is 0. The molecule has 0 bridgehead atoms. The molecule has 4 nitrogen and oxygen atoms in total. The van der Waals surface area contributed by atoms with Gasteiger partial charge in [0.2, 0.25) is 0 Å². The zero-order chi connectivity index (χ0) is 12.4. The van der Waals surface area contributed by atoms with E-state index in [4.69, 9.17) is 11.6 Å². The van der Waals surface area contributed by atoms with Crippen LogP contribution in [0, 0.1) is 5.41 Å². The van der Waals surface area contributed by atoms with Crippen LogP contribution in [-0.2, 0) is 6.54 Å². The monoisotopic (exact) mass is 307 g/mol. The van der Waals surface area contributed by atoms with Crippen molar-refractivity contribution >= 4 is 27.5 Å². The highest BCUT2D eigenvalue weighted by atomic mass is 79.9. The summed E-state index contributed by atoms with van der Waals surface area (Å²) in [6.07, 6.45) is 2.98. The molecule has 0 amide bonds. The van der Waals surface area contributed by atoms with Crippen molar-refractivity contribution in [2.24, 2.45) is 5.41 Å². The molecule has 1 aromatic rings. The molecule has 90 valence electrons. The average molecular weight is 309 g/mol. The summed E-state index contributed by atoms with van der Waals surface area (Å²) in [6, 6.07) is 0. The van der Waals surface area contributed by atoms with Gasteiger partial charge in [0.1, 0.15) is 18.3 Å². The first-order chi connectivity index (χ1) is 7.31. The third-order valence-corrected chi connectivity index (χ3v) is 3.73. The van der Waals surface area contributed by atoms with E-state index in [0.29, 0.717) is 5.03 Å². The van der Waals surface area contributed by atoms with Crippen LogP contribution in [0.25, 0.3) is 0 Å². The normalized spacial score (nSPS) is 17.2. The number of nitrogens with zero attached hydrogens (tertiary/aromatic N) is 3. The quantitative estimate of drug-likeness (QED) is 0.933. The largest absolute Gasteiger partial charge is 0.382 e. The van der Waals surface area contributed by atoms with Gasteiger partial charge in [0.25, 0.3) is 0 Å². The summed E-state index contributed by atoms with van der Waals surface area (Å²) in [5.74, 6) is 0. The summed E-state index contributed by atoms with van der Waals surface area (Å²) in [5.41, 5.74) is -1.61. The molecule has 0 saturated heterocycles. The van der Waals surface area contributed by atoms with Crippen molar-refractivity contribution in [2.75, 3.05) is 0 Å². The summed E-state index contributed by atoms with van der Waals surface area (Å²) in [5, 5.41) is 15.0. The molecule has 0 fully saturated rings. The summed E-state index contributed by atoms with van der Waals surface area (Å²) < 4.78 is 1.56. The Balaban J connectivity index is 3.06. The fraction of sp³-hybridized carbons (Fsp3) is 0.600. The van der Waals surface area contributed by atoms with E-state index in [-0.39, 0.29) is 6.54 Å². The Hall–Kier alpha value is -0.390. The molecule has 1 atom stereocenters. The molecule has 1 N–H and O–H groups in total. The topological polar surface area (TPSA) is 50.9 Å². The van der Waals surface area contributed by atoms with Crippen molar-refractivity contribution in [3.8, 4) is 0 Å². The maximum Gasteiger partial charge on any atom is 0.137 e. The van der Waals surface area contributed by atoms with Gasteiger partial charge >= 0.3 is 0 Å². The van der Waals surface area contributed by atoms with Crippen LogP contribution >= 0.6 is 27.5 Å². The van der Waals surface area contributed by atoms with Gasteiger partial charge in [0, 0.05) is 0 Å². The van der Waals surface area contributed by atoms with E-state index in [2.05, 4.69) is 26.0 Å². The minimum atomic E-state index is -1.19. The highest BCUT2D eigenvalue weighted by Crippen LogP contribution is 2.39. The second kappa shape index (κ2) is 4.85. The number of hydrogen-bond donors (Lipinski definition) is 1. The first-order valence-corrected chi connectivity index (χ1v) is 6.12. The molecule has 0 spiro atoms. The van der Waals surface area contributed by atoms with Gasteiger partial charge in [-0.15, -0.1) is 0 Å². The lowest BCUT2D eigenvalue weighted by atomic mass is 9.76. The van der Waals surface area contributed by atoms with E-state index in [0.717, 1.165) is 0 Å². The zero-order valence-corrected chi connectivity index (χ0v) is 11.8. The molecule has 0 saturated carbocycles. The smallest absolute Gasteiger partial charge is 0.137 e. The average Bonchev–Trinajstić information content (AvgIpc) is 2.67. The van der Waals surface area contributed by atoms with Gasteiger partial charge in [-0.3, -0.25) is 0 Å². The van der Waals surface area contributed by atoms with Gasteiger partial charge < -0.3 is 5.11 Å². The first kappa shape index (κ1) is 13.7. The molecule has 1 rings (SSSR count). The molecule has 16 heavy (non-hydrogen) atoms. The van der Waals surface area contributed by atoms with E-state index in [1.54, 1.807) is 11.0 Å². The molecule has 0 aliphatic carbocycles. The number of rotatable bonds is 3. The minimum absolute atomic E-state index is 0.261. The predicted octanol–water partition coefficient (Wildman–Crippen LogP) is 2.53. The van der Waals surface area contributed by atoms with Crippen LogP contribution in [-0.4, -0.2) is 25.5 Å². The number of aliphatic hydroxyl groups is 1. The van der Waals surface area contributed by atoms with E-state index in [1.807, 2.05) is 20.8 Å². The Morgan fingerprint density at radius 3 is 2.56 bits per heavy atom. The van der Waals surface area contributed by atoms with Crippen LogP contribution in [0.2, 0.25) is 0 Å². The molecule has 1 unspecified atom stereocenters. The first-order valence-electron chi connectivity index (χ1n) is 4.82. The van der Waals surface area contributed by atoms with Crippen LogP contribution in [0.15, 0.2) is 22.7 Å². The number of halogens is 2. The predicted molar refractivity (Wildman–Crippen MR) is 67.3 cm³/mol. The van der Waals surface area contributed by atoms with Crippen molar-refractivity contribution in [3.05, 3.63) is 22.7 Å². The molecule has 1 heterocycles. The zero-order valence-electron chi connectivity index (χ0n) is 9.48. The van der Waals surface area contributed by atoms with Gasteiger partial charge in [0.15, 0.2) is 0 Å². The van der Waals surface area contributed by atoms with Gasteiger partial charge in [-0.1, -0.05) is 48.3 Å². The number of aromatic nitrogens is 3. The molecule has 0 aliphatic rings. The standard InChI is InChI=1S/C10H15BrClN3O/c1-9(2,3)10(16,8(12)4-11)5-15-7-13-6-14-15/h4,6-7,16H,5H2,1-3H3. The van der Waals surface area contributed by atoms with Crippen molar-refractivity contribution in [1.82, 2.24) is 14.8 Å². The fourth-order valence-corrected chi connectivity index (χ4v) is 2.03. The minimum Gasteiger partial charge on any atom is -0.382 e. The highest BCUT2D eigenvalue weighted by Gasteiger charge is 2.43. The Kier molecular flexibility index (Phi) is 4.15. The molecule has 1 aromatic heterocycles. The molecule has 0 aliphatic heterocycles. The summed E-state index contributed by atoms with van der Waals surface area (Å²) >= 11 is 9.22. The Bertz CT molecular complexity index is 372. The molecule has 0 radical (unpaired) electrons. The second-order valence-corrected chi connectivity index (χ2v) is 5.53. The van der Waals surface area contributed by atoms with Gasteiger partial charge in [0.05, 0.1) is 11.6 Å². The highest BCUT2D eigenvalue weighted by molar-refractivity contribution is 9.11. The third kappa shape index (κ3) is 2.64. The van der Waals surface area contributed by atoms with Crippen molar-refractivity contribution in [2.45, 2.75) is 32.9 Å². The maximum atomic E-state index is 10.7. The van der Waals surface area contributed by atoms with Crippen molar-refractivity contribution < 1.29 is 5.11 Å². The van der Waals surface area contributed by atoms with Crippen LogP contribution in [0.5, 0.6) is 0 Å². The van der Waals surface area contributed by atoms with Crippen LogP contribution in [0.3, 0.4) is 0 Å². The summed E-state index contributed by atoms with van der Waals surface area (Å²) in [6.45, 7) is 6.02. The van der Waals surface area contributed by atoms with Crippen molar-refractivity contribution in [1.29, 1.82) is 0 Å².